The van der Waals surface area contributed by atoms with E-state index in [-0.39, 0.29) is 0 Å². The Morgan fingerprint density at radius 1 is 1.28 bits per heavy atom. The number of nitrogens with one attached hydrogen (secondary N) is 1. The first-order chi connectivity index (χ1) is 8.90. The van der Waals surface area contributed by atoms with Crippen LogP contribution in [0.15, 0.2) is 30.3 Å². The fourth-order valence-corrected chi connectivity index (χ4v) is 5.20. The smallest absolute Gasteiger partial charge is 0.0337 e. The van der Waals surface area contributed by atoms with Crippen LogP contribution in [0.3, 0.4) is 0 Å². The fraction of sp³-hybridized carbons (Fsp3) is 0.571. The van der Waals surface area contributed by atoms with Crippen molar-refractivity contribution in [2.75, 3.05) is 17.3 Å². The first-order valence-electron chi connectivity index (χ1n) is 6.59. The third-order valence-corrected chi connectivity index (χ3v) is 6.25. The van der Waals surface area contributed by atoms with Crippen molar-refractivity contribution in [3.8, 4) is 0 Å². The van der Waals surface area contributed by atoms with E-state index in [9.17, 15) is 0 Å². The summed E-state index contributed by atoms with van der Waals surface area (Å²) in [5, 5.41) is 0.685. The summed E-state index contributed by atoms with van der Waals surface area (Å²) in [6.45, 7) is 0. The molecule has 1 fully saturated rings. The zero-order valence-electron chi connectivity index (χ0n) is 10.7. The topological polar surface area (TPSA) is 38.0 Å². The molecular formula is C14H22N2S2. The summed E-state index contributed by atoms with van der Waals surface area (Å²) in [5.41, 5.74) is 4.45. The van der Waals surface area contributed by atoms with Crippen LogP contribution in [-0.2, 0) is 6.42 Å². The van der Waals surface area contributed by atoms with Gasteiger partial charge in [0.15, 0.2) is 0 Å². The Labute approximate surface area is 118 Å². The molecule has 2 unspecified atom stereocenters. The van der Waals surface area contributed by atoms with Crippen LogP contribution in [0, 0.1) is 0 Å². The van der Waals surface area contributed by atoms with Gasteiger partial charge in [0.25, 0.3) is 0 Å². The van der Waals surface area contributed by atoms with E-state index < -0.39 is 0 Å². The van der Waals surface area contributed by atoms with Gasteiger partial charge in [-0.1, -0.05) is 30.3 Å². The van der Waals surface area contributed by atoms with Gasteiger partial charge in [0.2, 0.25) is 0 Å². The van der Waals surface area contributed by atoms with E-state index in [0.29, 0.717) is 11.3 Å². The van der Waals surface area contributed by atoms with Gasteiger partial charge in [-0.2, -0.15) is 23.5 Å². The molecule has 0 spiro atoms. The molecule has 2 rings (SSSR count). The van der Waals surface area contributed by atoms with Crippen LogP contribution in [0.1, 0.15) is 18.4 Å². The first kappa shape index (κ1) is 14.3. The van der Waals surface area contributed by atoms with Crippen LogP contribution in [0.2, 0.25) is 0 Å². The summed E-state index contributed by atoms with van der Waals surface area (Å²) in [6.07, 6.45) is 3.54. The predicted octanol–water partition coefficient (Wildman–Crippen LogP) is 2.69. The van der Waals surface area contributed by atoms with Gasteiger partial charge in [-0.15, -0.1) is 0 Å². The largest absolute Gasteiger partial charge is 0.271 e. The molecule has 18 heavy (non-hydrogen) atoms. The molecule has 1 aliphatic heterocycles. The highest BCUT2D eigenvalue weighted by atomic mass is 32.2. The maximum atomic E-state index is 5.71. The molecule has 1 aliphatic rings. The van der Waals surface area contributed by atoms with Gasteiger partial charge in [0, 0.05) is 28.6 Å². The average Bonchev–Trinajstić information content (AvgIpc) is 2.46. The van der Waals surface area contributed by atoms with Crippen molar-refractivity contribution >= 4 is 23.5 Å². The summed E-state index contributed by atoms with van der Waals surface area (Å²) in [4.78, 5) is 0. The van der Waals surface area contributed by atoms with Crippen LogP contribution >= 0.6 is 23.5 Å². The number of hydrogen-bond donors (Lipinski definition) is 2. The Kier molecular flexibility index (Phi) is 6.41. The second-order valence-corrected chi connectivity index (χ2v) is 7.13. The second kappa shape index (κ2) is 8.10. The second-order valence-electron chi connectivity index (χ2n) is 4.64. The van der Waals surface area contributed by atoms with Gasteiger partial charge in [0.1, 0.15) is 0 Å². The van der Waals surface area contributed by atoms with E-state index in [4.69, 9.17) is 5.84 Å². The van der Waals surface area contributed by atoms with Gasteiger partial charge < -0.3 is 0 Å². The summed E-state index contributed by atoms with van der Waals surface area (Å²) in [5.74, 6) is 9.52. The lowest BCUT2D eigenvalue weighted by molar-refractivity contribution is 0.477. The molecule has 0 aromatic heterocycles. The Morgan fingerprint density at radius 2 is 2.11 bits per heavy atom. The van der Waals surface area contributed by atoms with Crippen LogP contribution < -0.4 is 11.3 Å². The highest BCUT2D eigenvalue weighted by molar-refractivity contribution is 8.06. The highest BCUT2D eigenvalue weighted by Crippen LogP contribution is 2.28. The van der Waals surface area contributed by atoms with Crippen molar-refractivity contribution in [2.45, 2.75) is 30.6 Å². The third-order valence-electron chi connectivity index (χ3n) is 3.33. The predicted molar refractivity (Wildman–Crippen MR) is 84.1 cm³/mol. The average molecular weight is 282 g/mol. The zero-order valence-corrected chi connectivity index (χ0v) is 12.3. The minimum absolute atomic E-state index is 0.464. The van der Waals surface area contributed by atoms with Gasteiger partial charge in [-0.05, 0) is 24.8 Å². The normalized spacial score (nSPS) is 21.7. The minimum Gasteiger partial charge on any atom is -0.271 e. The maximum absolute atomic E-state index is 5.71. The van der Waals surface area contributed by atoms with Crippen LogP contribution in [-0.4, -0.2) is 28.6 Å². The van der Waals surface area contributed by atoms with Crippen LogP contribution in [0.25, 0.3) is 0 Å². The van der Waals surface area contributed by atoms with Crippen molar-refractivity contribution in [3.05, 3.63) is 35.9 Å². The Hall–Kier alpha value is -0.160. The quantitative estimate of drug-likeness (QED) is 0.621. The molecule has 100 valence electrons. The van der Waals surface area contributed by atoms with Gasteiger partial charge in [0.05, 0.1) is 0 Å². The van der Waals surface area contributed by atoms with Crippen molar-refractivity contribution in [2.24, 2.45) is 5.84 Å². The molecule has 1 heterocycles. The van der Waals surface area contributed by atoms with E-state index >= 15 is 0 Å². The fourth-order valence-electron chi connectivity index (χ4n) is 2.29. The molecule has 1 aromatic carbocycles. The molecule has 4 heteroatoms. The highest BCUT2D eigenvalue weighted by Gasteiger charge is 2.23. The van der Waals surface area contributed by atoms with Gasteiger partial charge >= 0.3 is 0 Å². The lowest BCUT2D eigenvalue weighted by Gasteiger charge is -2.29. The summed E-state index contributed by atoms with van der Waals surface area (Å²) < 4.78 is 0. The lowest BCUT2D eigenvalue weighted by atomic mass is 10.0. The zero-order chi connectivity index (χ0) is 12.6. The third kappa shape index (κ3) is 4.50. The van der Waals surface area contributed by atoms with Gasteiger partial charge in [-0.25, -0.2) is 0 Å². The number of nitrogens with two attached hydrogens (primary N) is 1. The van der Waals surface area contributed by atoms with Crippen molar-refractivity contribution < 1.29 is 0 Å². The van der Waals surface area contributed by atoms with Crippen LogP contribution in [0.4, 0.5) is 0 Å². The molecule has 2 nitrogen and oxygen atoms in total. The number of hydrogen-bond acceptors (Lipinski definition) is 4. The van der Waals surface area contributed by atoms with E-state index in [2.05, 4.69) is 59.3 Å². The minimum atomic E-state index is 0.464. The molecule has 0 aliphatic carbocycles. The summed E-state index contributed by atoms with van der Waals surface area (Å²) in [6, 6.07) is 11.2. The molecule has 0 bridgehead atoms. The standard InChI is InChI=1S/C14H22N2S2/c15-16-13(14-11-17-9-10-18-14)8-4-7-12-5-2-1-3-6-12/h1-3,5-6,13-14,16H,4,7-11,15H2. The Bertz CT molecular complexity index is 326. The first-order valence-corrected chi connectivity index (χ1v) is 8.80. The molecule has 1 aromatic rings. The number of thioether (sulfide) groups is 2. The monoisotopic (exact) mass is 282 g/mol. The Balaban J connectivity index is 1.73. The Morgan fingerprint density at radius 3 is 2.78 bits per heavy atom. The molecule has 0 saturated carbocycles. The summed E-state index contributed by atoms with van der Waals surface area (Å²) in [7, 11) is 0. The SMILES string of the molecule is NNC(CCCc1ccccc1)C1CSCCS1. The van der Waals surface area contributed by atoms with E-state index in [0.717, 1.165) is 6.42 Å². The van der Waals surface area contributed by atoms with Crippen molar-refractivity contribution in [1.82, 2.24) is 5.43 Å². The number of benzene rings is 1. The molecule has 1 saturated heterocycles. The molecule has 3 N–H and O–H groups in total. The van der Waals surface area contributed by atoms with Gasteiger partial charge in [-0.3, -0.25) is 11.3 Å². The van der Waals surface area contributed by atoms with E-state index in [1.54, 1.807) is 0 Å². The summed E-state index contributed by atoms with van der Waals surface area (Å²) >= 11 is 4.14. The maximum Gasteiger partial charge on any atom is 0.0337 e. The lowest BCUT2D eigenvalue weighted by Crippen LogP contribution is -2.44. The molecular weight excluding hydrogens is 260 g/mol. The van der Waals surface area contributed by atoms with Crippen molar-refractivity contribution in [3.63, 3.8) is 0 Å². The van der Waals surface area contributed by atoms with E-state index in [1.165, 1.54) is 35.7 Å². The number of hydrazine groups is 1. The number of aryl methyl sites for hydroxylation is 1. The molecule has 0 radical (unpaired) electrons. The van der Waals surface area contributed by atoms with Crippen molar-refractivity contribution in [1.29, 1.82) is 0 Å². The molecule has 2 atom stereocenters. The number of rotatable bonds is 6. The van der Waals surface area contributed by atoms with E-state index in [1.807, 2.05) is 0 Å². The molecule has 0 amide bonds. The van der Waals surface area contributed by atoms with Crippen LogP contribution in [0.5, 0.6) is 0 Å².